The molecule has 23 heavy (non-hydrogen) atoms. The summed E-state index contributed by atoms with van der Waals surface area (Å²) < 4.78 is 0. The topological polar surface area (TPSA) is 52.7 Å². The van der Waals surface area contributed by atoms with E-state index < -0.39 is 6.04 Å². The normalized spacial score (nSPS) is 12.3. The van der Waals surface area contributed by atoms with Crippen LogP contribution in [0.1, 0.15) is 39.3 Å². The van der Waals surface area contributed by atoms with Gasteiger partial charge in [-0.1, -0.05) is 30.3 Å². The molecule has 0 aromatic heterocycles. The Bertz CT molecular complexity index is 498. The average Bonchev–Trinajstić information content (AvgIpc) is 2.48. The average molecular weight is 319 g/mol. The predicted octanol–water partition coefficient (Wildman–Crippen LogP) is 2.05. The molecule has 0 saturated heterocycles. The molecule has 0 heterocycles. The van der Waals surface area contributed by atoms with Crippen molar-refractivity contribution < 1.29 is 9.59 Å². The Labute approximate surface area is 139 Å². The second kappa shape index (κ2) is 9.30. The van der Waals surface area contributed by atoms with Gasteiger partial charge in [0.15, 0.2) is 0 Å². The highest BCUT2D eigenvalue weighted by molar-refractivity contribution is 5.85. The highest BCUT2D eigenvalue weighted by atomic mass is 16.2. The zero-order valence-electron chi connectivity index (χ0n) is 14.9. The van der Waals surface area contributed by atoms with Crippen molar-refractivity contribution in [3.8, 4) is 0 Å². The summed E-state index contributed by atoms with van der Waals surface area (Å²) in [7, 11) is 1.82. The Morgan fingerprint density at radius 1 is 1.09 bits per heavy atom. The number of likely N-dealkylation sites (N-methyl/N-ethyl adjacent to an activating group) is 2. The van der Waals surface area contributed by atoms with Crippen molar-refractivity contribution in [3.63, 3.8) is 0 Å². The van der Waals surface area contributed by atoms with Crippen LogP contribution in [-0.2, 0) is 9.59 Å². The van der Waals surface area contributed by atoms with Gasteiger partial charge in [-0.15, -0.1) is 0 Å². The van der Waals surface area contributed by atoms with Crippen molar-refractivity contribution >= 4 is 11.8 Å². The molecule has 0 saturated carbocycles. The number of benzene rings is 1. The molecule has 0 aliphatic rings. The minimum atomic E-state index is -0.450. The van der Waals surface area contributed by atoms with E-state index in [1.54, 1.807) is 4.90 Å². The molecule has 5 nitrogen and oxygen atoms in total. The van der Waals surface area contributed by atoms with E-state index in [1.807, 2.05) is 70.0 Å². The summed E-state index contributed by atoms with van der Waals surface area (Å²) in [5, 5.41) is 2.87. The second-order valence-corrected chi connectivity index (χ2v) is 5.96. The van der Waals surface area contributed by atoms with Crippen molar-refractivity contribution in [2.75, 3.05) is 26.7 Å². The molecule has 1 N–H and O–H groups in total. The van der Waals surface area contributed by atoms with E-state index in [2.05, 4.69) is 5.32 Å². The minimum Gasteiger partial charge on any atom is -0.353 e. The van der Waals surface area contributed by atoms with Crippen molar-refractivity contribution in [2.45, 2.75) is 39.8 Å². The lowest BCUT2D eigenvalue weighted by Gasteiger charge is -2.31. The van der Waals surface area contributed by atoms with Crippen molar-refractivity contribution in [1.82, 2.24) is 15.1 Å². The van der Waals surface area contributed by atoms with Gasteiger partial charge in [0.25, 0.3) is 0 Å². The Hall–Kier alpha value is -1.88. The maximum atomic E-state index is 12.9. The molecule has 0 unspecified atom stereocenters. The molecule has 0 aliphatic heterocycles. The SMILES string of the molecule is CCN(CC)C(=O)[C@@H](c1ccccc1)N(C)CC(=O)NC(C)C. The van der Waals surface area contributed by atoms with Gasteiger partial charge in [0.05, 0.1) is 6.54 Å². The van der Waals surface area contributed by atoms with E-state index in [0.29, 0.717) is 13.1 Å². The van der Waals surface area contributed by atoms with Gasteiger partial charge in [-0.3, -0.25) is 14.5 Å². The monoisotopic (exact) mass is 319 g/mol. The first-order valence-electron chi connectivity index (χ1n) is 8.24. The van der Waals surface area contributed by atoms with Crippen LogP contribution >= 0.6 is 0 Å². The second-order valence-electron chi connectivity index (χ2n) is 5.96. The van der Waals surface area contributed by atoms with Crippen LogP contribution < -0.4 is 5.32 Å². The number of nitrogens with zero attached hydrogens (tertiary/aromatic N) is 2. The van der Waals surface area contributed by atoms with Crippen LogP contribution in [0, 0.1) is 0 Å². The molecule has 0 bridgehead atoms. The van der Waals surface area contributed by atoms with Crippen LogP contribution in [0.4, 0.5) is 0 Å². The first kappa shape index (κ1) is 19.2. The number of hydrogen-bond donors (Lipinski definition) is 1. The number of carbonyl (C=O) groups excluding carboxylic acids is 2. The van der Waals surface area contributed by atoms with Crippen LogP contribution in [0.5, 0.6) is 0 Å². The molecule has 1 aromatic rings. The van der Waals surface area contributed by atoms with Crippen molar-refractivity contribution in [1.29, 1.82) is 0 Å². The third-order valence-corrected chi connectivity index (χ3v) is 3.71. The van der Waals surface area contributed by atoms with Crippen LogP contribution in [0.25, 0.3) is 0 Å². The lowest BCUT2D eigenvalue weighted by molar-refractivity contribution is -0.137. The van der Waals surface area contributed by atoms with Crippen LogP contribution in [0.2, 0.25) is 0 Å². The zero-order chi connectivity index (χ0) is 17.4. The van der Waals surface area contributed by atoms with Crippen LogP contribution in [0.15, 0.2) is 30.3 Å². The highest BCUT2D eigenvalue weighted by Crippen LogP contribution is 2.21. The van der Waals surface area contributed by atoms with Gasteiger partial charge >= 0.3 is 0 Å². The van der Waals surface area contributed by atoms with Crippen molar-refractivity contribution in [2.24, 2.45) is 0 Å². The van der Waals surface area contributed by atoms with Gasteiger partial charge in [-0.25, -0.2) is 0 Å². The molecule has 0 aliphatic carbocycles. The van der Waals surface area contributed by atoms with Gasteiger partial charge in [-0.05, 0) is 40.3 Å². The van der Waals surface area contributed by atoms with Crippen LogP contribution in [-0.4, -0.2) is 54.3 Å². The first-order valence-corrected chi connectivity index (χ1v) is 8.24. The summed E-state index contributed by atoms with van der Waals surface area (Å²) in [6.45, 7) is 9.28. The number of rotatable bonds is 8. The fraction of sp³-hybridized carbons (Fsp3) is 0.556. The van der Waals surface area contributed by atoms with Gasteiger partial charge < -0.3 is 10.2 Å². The maximum absolute atomic E-state index is 12.9. The number of nitrogens with one attached hydrogen (secondary N) is 1. The Kier molecular flexibility index (Phi) is 7.75. The summed E-state index contributed by atoms with van der Waals surface area (Å²) in [5.41, 5.74) is 0.907. The summed E-state index contributed by atoms with van der Waals surface area (Å²) in [6, 6.07) is 9.26. The molecule has 5 heteroatoms. The Morgan fingerprint density at radius 2 is 1.65 bits per heavy atom. The van der Waals surface area contributed by atoms with Crippen LogP contribution in [0.3, 0.4) is 0 Å². The molecule has 128 valence electrons. The molecule has 0 fully saturated rings. The molecular formula is C18H29N3O2. The summed E-state index contributed by atoms with van der Waals surface area (Å²) in [6.07, 6.45) is 0. The van der Waals surface area contributed by atoms with E-state index >= 15 is 0 Å². The smallest absolute Gasteiger partial charge is 0.244 e. The summed E-state index contributed by atoms with van der Waals surface area (Å²) >= 11 is 0. The fourth-order valence-electron chi connectivity index (χ4n) is 2.61. The lowest BCUT2D eigenvalue weighted by Crippen LogP contribution is -2.45. The van der Waals surface area contributed by atoms with E-state index in [0.717, 1.165) is 5.56 Å². The summed E-state index contributed by atoms with van der Waals surface area (Å²) in [4.78, 5) is 28.6. The molecule has 1 aromatic carbocycles. The van der Waals surface area contributed by atoms with E-state index in [1.165, 1.54) is 0 Å². The molecule has 0 spiro atoms. The van der Waals surface area contributed by atoms with Gasteiger partial charge in [-0.2, -0.15) is 0 Å². The number of carbonyl (C=O) groups is 2. The first-order chi connectivity index (χ1) is 10.9. The Morgan fingerprint density at radius 3 is 2.13 bits per heavy atom. The lowest BCUT2D eigenvalue weighted by atomic mass is 10.0. The number of amides is 2. The third kappa shape index (κ3) is 5.67. The minimum absolute atomic E-state index is 0.0287. The maximum Gasteiger partial charge on any atom is 0.244 e. The van der Waals surface area contributed by atoms with E-state index in [4.69, 9.17) is 0 Å². The molecular weight excluding hydrogens is 290 g/mol. The van der Waals surface area contributed by atoms with Gasteiger partial charge in [0.2, 0.25) is 11.8 Å². The predicted molar refractivity (Wildman–Crippen MR) is 93.0 cm³/mol. The Balaban J connectivity index is 3.00. The van der Waals surface area contributed by atoms with Gasteiger partial charge in [0, 0.05) is 19.1 Å². The molecule has 1 atom stereocenters. The van der Waals surface area contributed by atoms with Crippen molar-refractivity contribution in [3.05, 3.63) is 35.9 Å². The third-order valence-electron chi connectivity index (χ3n) is 3.71. The highest BCUT2D eigenvalue weighted by Gasteiger charge is 2.29. The van der Waals surface area contributed by atoms with Gasteiger partial charge in [0.1, 0.15) is 6.04 Å². The fourth-order valence-corrected chi connectivity index (χ4v) is 2.61. The summed E-state index contributed by atoms with van der Waals surface area (Å²) in [5.74, 6) is -0.0446. The molecule has 0 radical (unpaired) electrons. The van der Waals surface area contributed by atoms with E-state index in [-0.39, 0.29) is 24.4 Å². The zero-order valence-corrected chi connectivity index (χ0v) is 14.9. The molecule has 2 amide bonds. The number of hydrogen-bond acceptors (Lipinski definition) is 3. The quantitative estimate of drug-likeness (QED) is 0.798. The molecule has 1 rings (SSSR count). The van der Waals surface area contributed by atoms with E-state index in [9.17, 15) is 9.59 Å². The largest absolute Gasteiger partial charge is 0.353 e. The standard InChI is InChI=1S/C18H29N3O2/c1-6-21(7-2)18(23)17(15-11-9-8-10-12-15)20(5)13-16(22)19-14(3)4/h8-12,14,17H,6-7,13H2,1-5H3,(H,19,22)/t17-/m1/s1.